The summed E-state index contributed by atoms with van der Waals surface area (Å²) in [6.07, 6.45) is 18.1. The summed E-state index contributed by atoms with van der Waals surface area (Å²) in [5, 5.41) is 26.7. The Balaban J connectivity index is 1.22. The number of nitrogen functional groups attached to an aromatic ring is 1. The first-order valence-electron chi connectivity index (χ1n) is 25.5. The molecular weight excluding hydrogens is 1040 g/mol. The van der Waals surface area contributed by atoms with Crippen LogP contribution in [0.3, 0.4) is 0 Å². The first-order chi connectivity index (χ1) is 34.4. The minimum Gasteiger partial charge on any atom is -0.386 e. The maximum absolute atomic E-state index is 12.8. The zero-order valence-corrected chi connectivity index (χ0v) is 46.3. The van der Waals surface area contributed by atoms with Crippen LogP contribution in [0, 0.1) is 11.3 Å². The van der Waals surface area contributed by atoms with Gasteiger partial charge in [-0.2, -0.15) is 4.31 Å². The van der Waals surface area contributed by atoms with Gasteiger partial charge in [0.05, 0.1) is 19.5 Å². The highest BCUT2D eigenvalue weighted by Gasteiger charge is 2.50. The molecule has 0 aromatic carbocycles. The minimum absolute atomic E-state index is 0.0344. The van der Waals surface area contributed by atoms with Gasteiger partial charge in [-0.25, -0.2) is 28.6 Å². The molecule has 24 nitrogen and oxygen atoms in total. The number of aliphatic hydroxyl groups excluding tert-OH is 2. The third-order valence-corrected chi connectivity index (χ3v) is 16.2. The van der Waals surface area contributed by atoms with Gasteiger partial charge in [-0.3, -0.25) is 32.5 Å². The molecule has 2 aromatic heterocycles. The Morgan fingerprint density at radius 2 is 1.34 bits per heavy atom. The quantitative estimate of drug-likeness (QED) is 0.0237. The molecule has 2 aromatic rings. The van der Waals surface area contributed by atoms with Crippen LogP contribution in [0.25, 0.3) is 11.2 Å². The van der Waals surface area contributed by atoms with E-state index in [-0.39, 0.29) is 41.6 Å². The third kappa shape index (κ3) is 26.0. The number of nitrogens with one attached hydrogen (secondary N) is 2. The van der Waals surface area contributed by atoms with Crippen LogP contribution in [-0.2, 0) is 50.7 Å². The molecule has 0 saturated carbocycles. The fourth-order valence-electron chi connectivity index (χ4n) is 8.02. The van der Waals surface area contributed by atoms with E-state index in [9.17, 15) is 57.9 Å². The molecule has 1 fully saturated rings. The second kappa shape index (κ2) is 33.0. The number of imidazole rings is 1. The minimum atomic E-state index is -5.58. The Hall–Kier alpha value is -2.44. The number of carbonyl (C=O) groups excluding carboxylic acids is 3. The van der Waals surface area contributed by atoms with Crippen molar-refractivity contribution in [2.24, 2.45) is 11.3 Å². The van der Waals surface area contributed by atoms with E-state index in [0.717, 1.165) is 54.2 Å². The number of nitrogens with zero attached hydrogens (tertiary/aromatic N) is 4. The monoisotopic (exact) mass is 1120 g/mol. The van der Waals surface area contributed by atoms with Crippen molar-refractivity contribution < 1.29 is 80.5 Å². The number of anilines is 1. The number of phosphoric acid groups is 3. The molecule has 28 heteroatoms. The number of rotatable bonds is 40. The smallest absolute Gasteiger partial charge is 0.386 e. The highest BCUT2D eigenvalue weighted by molar-refractivity contribution is 8.13. The maximum Gasteiger partial charge on any atom is 0.481 e. The molecular formula is C45H82N7O17P3S. The van der Waals surface area contributed by atoms with Crippen LogP contribution in [-0.4, -0.2) is 123 Å². The normalized spacial score (nSPS) is 19.5. The van der Waals surface area contributed by atoms with Crippen LogP contribution in [0.4, 0.5) is 5.82 Å². The van der Waals surface area contributed by atoms with E-state index in [4.69, 9.17) is 19.5 Å². The Morgan fingerprint density at radius 3 is 1.90 bits per heavy atom. The van der Waals surface area contributed by atoms with E-state index in [0.29, 0.717) is 12.2 Å². The van der Waals surface area contributed by atoms with Gasteiger partial charge in [0.2, 0.25) is 11.8 Å². The van der Waals surface area contributed by atoms with Crippen LogP contribution in [0.1, 0.15) is 169 Å². The van der Waals surface area contributed by atoms with Crippen molar-refractivity contribution in [3.63, 3.8) is 0 Å². The summed E-state index contributed by atoms with van der Waals surface area (Å²) in [6.45, 7) is 5.19. The third-order valence-electron chi connectivity index (χ3n) is 12.2. The van der Waals surface area contributed by atoms with E-state index in [2.05, 4.69) is 48.3 Å². The lowest BCUT2D eigenvalue weighted by atomic mass is 9.87. The number of unbranched alkanes of at least 4 members (excludes halogenated alkanes) is 17. The van der Waals surface area contributed by atoms with E-state index in [1.165, 1.54) is 117 Å². The fraction of sp³-hybridized carbons (Fsp3) is 0.822. The molecule has 0 bridgehead atoms. The molecule has 1 saturated heterocycles. The van der Waals surface area contributed by atoms with E-state index < -0.39 is 84.6 Å². The van der Waals surface area contributed by atoms with Crippen molar-refractivity contribution in [1.82, 2.24) is 30.2 Å². The summed E-state index contributed by atoms with van der Waals surface area (Å²) in [6, 6.07) is 0. The molecule has 420 valence electrons. The van der Waals surface area contributed by atoms with E-state index >= 15 is 0 Å². The van der Waals surface area contributed by atoms with Gasteiger partial charge in [0.15, 0.2) is 22.8 Å². The largest absolute Gasteiger partial charge is 0.481 e. The van der Waals surface area contributed by atoms with E-state index in [1.54, 1.807) is 0 Å². The van der Waals surface area contributed by atoms with Crippen molar-refractivity contribution >= 4 is 69.1 Å². The molecule has 73 heavy (non-hydrogen) atoms. The number of hydrogen-bond acceptors (Lipinski definition) is 18. The number of nitrogens with two attached hydrogens (primary N) is 1. The van der Waals surface area contributed by atoms with Crippen molar-refractivity contribution in [1.29, 1.82) is 0 Å². The predicted octanol–water partition coefficient (Wildman–Crippen LogP) is 7.12. The SMILES string of the molecule is CC(C)CCCCCCCCCCCCCCCCCCCCC(=O)SCCNC(=O)CCNC(=O)[C@H](O)C(C)(C)COP(=O)(O)OP(=O)(O)OC[C@H]1O[C@@H](n2cnc3c(N)ncnc32)[C@H](O)[C@@H]1OP(=O)(O)O. The molecule has 10 N–H and O–H groups in total. The summed E-state index contributed by atoms with van der Waals surface area (Å²) in [7, 11) is -16.4. The van der Waals surface area contributed by atoms with Gasteiger partial charge in [-0.15, -0.1) is 0 Å². The molecule has 2 amide bonds. The van der Waals surface area contributed by atoms with Crippen molar-refractivity contribution in [2.45, 2.75) is 193 Å². The number of fused-ring (bicyclic) bond motifs is 1. The van der Waals surface area contributed by atoms with Crippen LogP contribution in [0.15, 0.2) is 12.7 Å². The Labute approximate surface area is 433 Å². The first kappa shape index (κ1) is 64.8. The second-order valence-corrected chi connectivity index (χ2v) is 25.0. The zero-order valence-electron chi connectivity index (χ0n) is 42.8. The van der Waals surface area contributed by atoms with Crippen LogP contribution < -0.4 is 16.4 Å². The van der Waals surface area contributed by atoms with Crippen molar-refractivity contribution in [2.75, 3.05) is 37.8 Å². The molecule has 1 aliphatic rings. The summed E-state index contributed by atoms with van der Waals surface area (Å²) >= 11 is 1.16. The summed E-state index contributed by atoms with van der Waals surface area (Å²) in [5.41, 5.74) is 4.30. The molecule has 0 aliphatic carbocycles. The average Bonchev–Trinajstić information content (AvgIpc) is 3.87. The van der Waals surface area contributed by atoms with Crippen LogP contribution in [0.5, 0.6) is 0 Å². The fourth-order valence-corrected chi connectivity index (χ4v) is 11.6. The van der Waals surface area contributed by atoms with Gasteiger partial charge in [0, 0.05) is 37.1 Å². The number of phosphoric ester groups is 3. The van der Waals surface area contributed by atoms with Crippen molar-refractivity contribution in [3.05, 3.63) is 12.7 Å². The molecule has 3 heterocycles. The second-order valence-electron chi connectivity index (χ2n) is 19.6. The number of thioether (sulfide) groups is 1. The first-order valence-corrected chi connectivity index (χ1v) is 31.0. The van der Waals surface area contributed by atoms with Gasteiger partial charge in [0.1, 0.15) is 36.3 Å². The number of amides is 2. The van der Waals surface area contributed by atoms with Gasteiger partial charge >= 0.3 is 23.5 Å². The molecule has 3 rings (SSSR count). The van der Waals surface area contributed by atoms with E-state index in [1.807, 2.05) is 0 Å². The number of hydrogen-bond donors (Lipinski definition) is 9. The topological polar surface area (TPSA) is 364 Å². The highest BCUT2D eigenvalue weighted by Crippen LogP contribution is 2.61. The Kier molecular flexibility index (Phi) is 29.3. The van der Waals surface area contributed by atoms with Gasteiger partial charge in [-0.1, -0.05) is 155 Å². The number of ether oxygens (including phenoxy) is 1. The number of aromatic nitrogens is 4. The lowest BCUT2D eigenvalue weighted by Crippen LogP contribution is -2.46. The highest BCUT2D eigenvalue weighted by atomic mass is 32.2. The average molecular weight is 1120 g/mol. The molecule has 7 atom stereocenters. The zero-order chi connectivity index (χ0) is 54.1. The number of carbonyl (C=O) groups is 3. The summed E-state index contributed by atoms with van der Waals surface area (Å²) < 4.78 is 62.5. The van der Waals surface area contributed by atoms with Crippen molar-refractivity contribution in [3.8, 4) is 0 Å². The Morgan fingerprint density at radius 1 is 0.795 bits per heavy atom. The number of aliphatic hydroxyl groups is 2. The molecule has 0 radical (unpaired) electrons. The lowest BCUT2D eigenvalue weighted by molar-refractivity contribution is -0.137. The predicted molar refractivity (Wildman–Crippen MR) is 274 cm³/mol. The maximum atomic E-state index is 12.8. The molecule has 0 spiro atoms. The summed E-state index contributed by atoms with van der Waals surface area (Å²) in [4.78, 5) is 88.6. The van der Waals surface area contributed by atoms with Gasteiger partial charge < -0.3 is 50.9 Å². The van der Waals surface area contributed by atoms with Crippen LogP contribution >= 0.6 is 35.2 Å². The molecule has 2 unspecified atom stereocenters. The lowest BCUT2D eigenvalue weighted by Gasteiger charge is -2.30. The van der Waals surface area contributed by atoms with Gasteiger partial charge in [-0.05, 0) is 12.3 Å². The van der Waals surface area contributed by atoms with Gasteiger partial charge in [0.25, 0.3) is 0 Å². The molecule has 1 aliphatic heterocycles. The van der Waals surface area contributed by atoms with Crippen LogP contribution in [0.2, 0.25) is 0 Å². The standard InChI is InChI=1S/C45H82N7O17P3S/c1-33(2)23-21-19-17-15-13-11-9-7-5-6-8-10-12-14-16-18-20-22-24-36(54)73-28-27-47-35(53)25-26-48-43(57)40(56)45(3,4)30-66-72(63,64)69-71(61,62)65-29-34-39(68-70(58,59)60)38(55)44(67-34)52-32-51-37-41(46)49-31-50-42(37)52/h31-34,38-40,44,55-56H,5-30H2,1-4H3,(H,47,53)(H,48,57)(H,61,62)(H,63,64)(H2,46,49,50)(H2,58,59,60)/t34-,38-,39-,40+,44-/m1/s1. The Bertz CT molecular complexity index is 2120. The summed E-state index contributed by atoms with van der Waals surface area (Å²) in [5.74, 6) is -0.184.